The summed E-state index contributed by atoms with van der Waals surface area (Å²) in [6.07, 6.45) is 5.29. The Balaban J connectivity index is 1.63. The van der Waals surface area contributed by atoms with Crippen LogP contribution in [-0.2, 0) is 14.6 Å². The molecule has 2 aliphatic rings. The summed E-state index contributed by atoms with van der Waals surface area (Å²) in [5.74, 6) is 1.51. The summed E-state index contributed by atoms with van der Waals surface area (Å²) in [4.78, 5) is 14.7. The first kappa shape index (κ1) is 22.6. The number of likely N-dealkylation sites (tertiary alicyclic amines) is 1. The highest BCUT2D eigenvalue weighted by atomic mass is 32.2. The molecule has 1 aromatic carbocycles. The van der Waals surface area contributed by atoms with Crippen LogP contribution in [0.5, 0.6) is 11.5 Å². The summed E-state index contributed by atoms with van der Waals surface area (Å²) in [5.41, 5.74) is 0.800. The Morgan fingerprint density at radius 3 is 2.63 bits per heavy atom. The fourth-order valence-electron chi connectivity index (χ4n) is 3.97. The van der Waals surface area contributed by atoms with E-state index in [-0.39, 0.29) is 29.5 Å². The second-order valence-corrected chi connectivity index (χ2v) is 10.6. The van der Waals surface area contributed by atoms with Crippen LogP contribution in [0, 0.1) is 5.92 Å². The van der Waals surface area contributed by atoms with Crippen LogP contribution in [0.3, 0.4) is 0 Å². The first-order valence-corrected chi connectivity index (χ1v) is 12.3. The van der Waals surface area contributed by atoms with Crippen molar-refractivity contribution in [3.63, 3.8) is 0 Å². The molecule has 1 aromatic rings. The Kier molecular flexibility index (Phi) is 7.41. The van der Waals surface area contributed by atoms with Crippen molar-refractivity contribution in [2.24, 2.45) is 5.92 Å². The minimum absolute atomic E-state index is 0.00343. The molecule has 0 spiro atoms. The fraction of sp³-hybridized carbons (Fsp3) is 0.591. The Morgan fingerprint density at radius 2 is 1.97 bits per heavy atom. The van der Waals surface area contributed by atoms with Gasteiger partial charge in [-0.2, -0.15) is 0 Å². The number of nitrogens with one attached hydrogen (secondary N) is 1. The fourth-order valence-corrected chi connectivity index (χ4v) is 5.92. The normalized spacial score (nSPS) is 23.9. The quantitative estimate of drug-likeness (QED) is 0.629. The lowest BCUT2D eigenvalue weighted by atomic mass is 10.1. The van der Waals surface area contributed by atoms with E-state index < -0.39 is 9.84 Å². The van der Waals surface area contributed by atoms with Crippen molar-refractivity contribution in [1.29, 1.82) is 0 Å². The summed E-state index contributed by atoms with van der Waals surface area (Å²) in [6.45, 7) is 6.54. The third-order valence-electron chi connectivity index (χ3n) is 5.45. The molecular weight excluding hydrogens is 404 g/mol. The topological polar surface area (TPSA) is 84.9 Å². The zero-order valence-electron chi connectivity index (χ0n) is 18.0. The number of hydrogen-bond donors (Lipinski definition) is 1. The van der Waals surface area contributed by atoms with Gasteiger partial charge in [-0.25, -0.2) is 8.42 Å². The van der Waals surface area contributed by atoms with E-state index in [2.05, 4.69) is 24.1 Å². The van der Waals surface area contributed by atoms with Crippen LogP contribution >= 0.6 is 0 Å². The van der Waals surface area contributed by atoms with Crippen LogP contribution in [0.15, 0.2) is 24.3 Å². The van der Waals surface area contributed by atoms with Gasteiger partial charge < -0.3 is 14.8 Å². The smallest absolute Gasteiger partial charge is 0.244 e. The molecule has 2 unspecified atom stereocenters. The van der Waals surface area contributed by atoms with Crippen LogP contribution in [0.4, 0.5) is 0 Å². The molecule has 1 amide bonds. The number of carbonyl (C=O) groups is 1. The van der Waals surface area contributed by atoms with E-state index in [0.29, 0.717) is 24.0 Å². The zero-order chi connectivity index (χ0) is 21.7. The third-order valence-corrected chi connectivity index (χ3v) is 7.16. The van der Waals surface area contributed by atoms with Crippen molar-refractivity contribution in [2.75, 3.05) is 38.3 Å². The van der Waals surface area contributed by atoms with Crippen LogP contribution in [0.25, 0.3) is 6.08 Å². The predicted octanol–water partition coefficient (Wildman–Crippen LogP) is 2.12. The Morgan fingerprint density at radius 1 is 1.23 bits per heavy atom. The Labute approximate surface area is 179 Å². The lowest BCUT2D eigenvalue weighted by Crippen LogP contribution is -2.49. The van der Waals surface area contributed by atoms with E-state index in [1.165, 1.54) is 6.08 Å². The molecule has 8 heteroatoms. The Hall–Kier alpha value is -2.06. The minimum atomic E-state index is -3.13. The molecule has 2 aliphatic heterocycles. The van der Waals surface area contributed by atoms with E-state index in [1.807, 2.05) is 18.2 Å². The van der Waals surface area contributed by atoms with Crippen molar-refractivity contribution in [3.8, 4) is 11.5 Å². The van der Waals surface area contributed by atoms with E-state index >= 15 is 0 Å². The van der Waals surface area contributed by atoms with Crippen molar-refractivity contribution in [2.45, 2.75) is 38.8 Å². The van der Waals surface area contributed by atoms with Gasteiger partial charge in [-0.05, 0) is 55.6 Å². The number of amides is 1. The number of methoxy groups -OCH3 is 1. The number of rotatable bonds is 8. The number of benzene rings is 1. The molecule has 7 nitrogen and oxygen atoms in total. The average Bonchev–Trinajstić information content (AvgIpc) is 3.32. The highest BCUT2D eigenvalue weighted by Crippen LogP contribution is 2.29. The summed E-state index contributed by atoms with van der Waals surface area (Å²) >= 11 is 0. The SMILES string of the molecule is COc1cc(/C=C/C(=O)NC2CS(=O)(=O)CC2N2CCCC2)ccc1OCC(C)C. The molecular formula is C22H32N2O5S. The number of carbonyl (C=O) groups excluding carboxylic acids is 1. The molecule has 0 aromatic heterocycles. The summed E-state index contributed by atoms with van der Waals surface area (Å²) < 4.78 is 35.4. The molecule has 2 saturated heterocycles. The molecule has 2 atom stereocenters. The van der Waals surface area contributed by atoms with Crippen molar-refractivity contribution in [3.05, 3.63) is 29.8 Å². The Bertz CT molecular complexity index is 876. The van der Waals surface area contributed by atoms with Crippen LogP contribution in [0.2, 0.25) is 0 Å². The van der Waals surface area contributed by atoms with Gasteiger partial charge in [0.05, 0.1) is 31.3 Å². The van der Waals surface area contributed by atoms with Crippen molar-refractivity contribution < 1.29 is 22.7 Å². The van der Waals surface area contributed by atoms with Crippen molar-refractivity contribution >= 4 is 21.8 Å². The van der Waals surface area contributed by atoms with Gasteiger partial charge in [-0.15, -0.1) is 0 Å². The predicted molar refractivity (Wildman–Crippen MR) is 118 cm³/mol. The van der Waals surface area contributed by atoms with Gasteiger partial charge in [-0.1, -0.05) is 19.9 Å². The maximum atomic E-state index is 12.5. The highest BCUT2D eigenvalue weighted by molar-refractivity contribution is 7.91. The van der Waals surface area contributed by atoms with E-state index in [1.54, 1.807) is 13.2 Å². The van der Waals surface area contributed by atoms with Crippen molar-refractivity contribution in [1.82, 2.24) is 10.2 Å². The summed E-state index contributed by atoms with van der Waals surface area (Å²) in [5, 5.41) is 2.90. The van der Waals surface area contributed by atoms with Gasteiger partial charge in [0.25, 0.3) is 0 Å². The second-order valence-electron chi connectivity index (χ2n) is 8.45. The molecule has 2 fully saturated rings. The van der Waals surface area contributed by atoms with E-state index in [9.17, 15) is 13.2 Å². The number of nitrogens with zero attached hydrogens (tertiary/aromatic N) is 1. The molecule has 3 rings (SSSR count). The lowest BCUT2D eigenvalue weighted by Gasteiger charge is -2.28. The molecule has 2 heterocycles. The summed E-state index contributed by atoms with van der Waals surface area (Å²) in [6, 6.07) is 4.99. The largest absolute Gasteiger partial charge is 0.493 e. The third kappa shape index (κ3) is 5.98. The second kappa shape index (κ2) is 9.83. The lowest BCUT2D eigenvalue weighted by molar-refractivity contribution is -0.117. The first-order chi connectivity index (χ1) is 14.3. The van der Waals surface area contributed by atoms with Gasteiger partial charge in [0, 0.05) is 12.1 Å². The van der Waals surface area contributed by atoms with Gasteiger partial charge >= 0.3 is 0 Å². The average molecular weight is 437 g/mol. The van der Waals surface area contributed by atoms with Crippen LogP contribution in [-0.4, -0.2) is 69.6 Å². The van der Waals surface area contributed by atoms with E-state index in [4.69, 9.17) is 9.47 Å². The van der Waals surface area contributed by atoms with Gasteiger partial charge in [0.1, 0.15) is 0 Å². The number of hydrogen-bond acceptors (Lipinski definition) is 6. The summed E-state index contributed by atoms with van der Waals surface area (Å²) in [7, 11) is -1.55. The van der Waals surface area contributed by atoms with Crippen LogP contribution < -0.4 is 14.8 Å². The maximum absolute atomic E-state index is 12.5. The highest BCUT2D eigenvalue weighted by Gasteiger charge is 2.42. The first-order valence-electron chi connectivity index (χ1n) is 10.5. The molecule has 0 saturated carbocycles. The monoisotopic (exact) mass is 436 g/mol. The molecule has 0 aliphatic carbocycles. The van der Waals surface area contributed by atoms with Gasteiger partial charge in [0.2, 0.25) is 5.91 Å². The number of sulfone groups is 1. The maximum Gasteiger partial charge on any atom is 0.244 e. The molecule has 0 radical (unpaired) electrons. The number of ether oxygens (including phenoxy) is 2. The minimum Gasteiger partial charge on any atom is -0.493 e. The molecule has 1 N–H and O–H groups in total. The van der Waals surface area contributed by atoms with Crippen LogP contribution in [0.1, 0.15) is 32.3 Å². The zero-order valence-corrected chi connectivity index (χ0v) is 18.8. The van der Waals surface area contributed by atoms with Gasteiger partial charge in [-0.3, -0.25) is 9.69 Å². The van der Waals surface area contributed by atoms with Gasteiger partial charge in [0.15, 0.2) is 21.3 Å². The molecule has 166 valence electrons. The molecule has 0 bridgehead atoms. The molecule has 30 heavy (non-hydrogen) atoms. The standard InChI is InChI=1S/C22H32N2O5S/c1-16(2)13-29-20-8-6-17(12-21(20)28-3)7-9-22(25)23-18-14-30(26,27)15-19(18)24-10-4-5-11-24/h6-9,12,16,18-19H,4-5,10-11,13-15H2,1-3H3,(H,23,25)/b9-7+. The van der Waals surface area contributed by atoms with E-state index in [0.717, 1.165) is 31.5 Å².